The van der Waals surface area contributed by atoms with Gasteiger partial charge < -0.3 is 9.38 Å². The summed E-state index contributed by atoms with van der Waals surface area (Å²) in [5, 5.41) is 0. The van der Waals surface area contributed by atoms with E-state index in [0.717, 1.165) is 12.1 Å². The molecule has 0 amide bonds. The van der Waals surface area contributed by atoms with Crippen LogP contribution in [0, 0.1) is 0 Å². The first-order valence-corrected chi connectivity index (χ1v) is 4.14. The normalized spacial score (nSPS) is 49.2. The molecule has 0 bridgehead atoms. The highest BCUT2D eigenvalue weighted by Crippen LogP contribution is 2.57. The van der Waals surface area contributed by atoms with Crippen LogP contribution in [0.5, 0.6) is 0 Å². The monoisotopic (exact) mass is 141 g/mol. The lowest BCUT2D eigenvalue weighted by Crippen LogP contribution is -2.37. The lowest BCUT2D eigenvalue weighted by Gasteiger charge is -2.21. The third-order valence-electron chi connectivity index (χ3n) is 3.18. The van der Waals surface area contributed by atoms with Crippen LogP contribution in [0.15, 0.2) is 0 Å². The number of likely N-dealkylation sites (N-methyl/N-ethyl adjacent to an activating group) is 2. The van der Waals surface area contributed by atoms with Gasteiger partial charge >= 0.3 is 0 Å². The Morgan fingerprint density at radius 2 is 2.00 bits per heavy atom. The Balaban J connectivity index is 1.72. The standard InChI is InChI=1S/C8H17N2/c1-9(2)4-5-10(3)7-6-8(7)10/h7-8H,4-6H2,1-3H3/q+1. The van der Waals surface area contributed by atoms with Gasteiger partial charge in [-0.2, -0.15) is 0 Å². The quantitative estimate of drug-likeness (QED) is 0.399. The molecule has 10 heavy (non-hydrogen) atoms. The van der Waals surface area contributed by atoms with Gasteiger partial charge in [0.2, 0.25) is 0 Å². The third kappa shape index (κ3) is 0.789. The highest BCUT2D eigenvalue weighted by atomic mass is 15.6. The summed E-state index contributed by atoms with van der Waals surface area (Å²) in [5.41, 5.74) is 0. The highest BCUT2D eigenvalue weighted by molar-refractivity contribution is 5.05. The van der Waals surface area contributed by atoms with Crippen LogP contribution in [0.4, 0.5) is 0 Å². The van der Waals surface area contributed by atoms with Gasteiger partial charge in [0.1, 0.15) is 12.1 Å². The maximum absolute atomic E-state index is 2.39. The van der Waals surface area contributed by atoms with E-state index in [0.29, 0.717) is 0 Å². The minimum atomic E-state index is 1.08. The Hall–Kier alpha value is -0.0800. The van der Waals surface area contributed by atoms with E-state index in [-0.39, 0.29) is 0 Å². The Labute approximate surface area is 63.0 Å². The zero-order chi connectivity index (χ0) is 7.35. The topological polar surface area (TPSA) is 3.24 Å². The van der Waals surface area contributed by atoms with Crippen LogP contribution < -0.4 is 0 Å². The predicted molar refractivity (Wildman–Crippen MR) is 41.8 cm³/mol. The average Bonchev–Trinajstić information content (AvgIpc) is 2.67. The molecule has 1 heterocycles. The Morgan fingerprint density at radius 1 is 1.40 bits per heavy atom. The zero-order valence-electron chi connectivity index (χ0n) is 7.17. The first-order valence-electron chi connectivity index (χ1n) is 4.14. The fourth-order valence-electron chi connectivity index (χ4n) is 1.93. The molecule has 0 aromatic rings. The largest absolute Gasteiger partial charge is 0.310 e. The molecule has 58 valence electrons. The number of quaternary nitrogens is 1. The third-order valence-corrected chi connectivity index (χ3v) is 3.18. The molecule has 0 aromatic heterocycles. The van der Waals surface area contributed by atoms with Crippen molar-refractivity contribution in [2.75, 3.05) is 34.2 Å². The van der Waals surface area contributed by atoms with Crippen molar-refractivity contribution >= 4 is 0 Å². The molecule has 2 atom stereocenters. The molecule has 1 aliphatic carbocycles. The van der Waals surface area contributed by atoms with Crippen molar-refractivity contribution in [1.29, 1.82) is 0 Å². The Morgan fingerprint density at radius 3 is 2.30 bits per heavy atom. The van der Waals surface area contributed by atoms with Gasteiger partial charge in [-0.1, -0.05) is 0 Å². The van der Waals surface area contributed by atoms with Crippen LogP contribution >= 0.6 is 0 Å². The SMILES string of the molecule is CN(C)CC[N+]1(C)C2CC21. The minimum Gasteiger partial charge on any atom is -0.310 e. The zero-order valence-corrected chi connectivity index (χ0v) is 7.17. The van der Waals surface area contributed by atoms with Crippen molar-refractivity contribution in [3.05, 3.63) is 0 Å². The summed E-state index contributed by atoms with van der Waals surface area (Å²) in [7, 11) is 6.70. The molecule has 2 fully saturated rings. The van der Waals surface area contributed by atoms with Crippen LogP contribution in [0.2, 0.25) is 0 Å². The van der Waals surface area contributed by atoms with Crippen LogP contribution in [0.1, 0.15) is 6.42 Å². The summed E-state index contributed by atoms with van der Waals surface area (Å²) in [6.07, 6.45) is 1.52. The number of rotatable bonds is 3. The van der Waals surface area contributed by atoms with Crippen molar-refractivity contribution in [1.82, 2.24) is 4.90 Å². The minimum absolute atomic E-state index is 1.08. The van der Waals surface area contributed by atoms with Gasteiger partial charge in [-0.05, 0) is 14.1 Å². The molecule has 1 saturated heterocycles. The molecule has 0 radical (unpaired) electrons. The number of likely N-dealkylation sites (tertiary alicyclic amines) is 1. The van der Waals surface area contributed by atoms with E-state index < -0.39 is 0 Å². The van der Waals surface area contributed by atoms with E-state index in [1.54, 1.807) is 0 Å². The molecule has 2 unspecified atom stereocenters. The van der Waals surface area contributed by atoms with Gasteiger partial charge in [0.25, 0.3) is 0 Å². The van der Waals surface area contributed by atoms with E-state index in [1.807, 2.05) is 0 Å². The fraction of sp³-hybridized carbons (Fsp3) is 1.00. The van der Waals surface area contributed by atoms with Gasteiger partial charge in [-0.15, -0.1) is 0 Å². The van der Waals surface area contributed by atoms with Gasteiger partial charge in [-0.25, -0.2) is 0 Å². The second-order valence-electron chi connectivity index (χ2n) is 4.24. The summed E-state index contributed by atoms with van der Waals surface area (Å²) < 4.78 is 1.39. The molecule has 2 heteroatoms. The molecule has 1 aliphatic heterocycles. The Kier molecular flexibility index (Phi) is 1.15. The van der Waals surface area contributed by atoms with Crippen molar-refractivity contribution < 1.29 is 4.48 Å². The second-order valence-corrected chi connectivity index (χ2v) is 4.24. The summed E-state index contributed by atoms with van der Waals surface area (Å²) in [6.45, 7) is 2.62. The van der Waals surface area contributed by atoms with Crippen molar-refractivity contribution in [2.45, 2.75) is 18.5 Å². The van der Waals surface area contributed by atoms with Crippen molar-refractivity contribution in [3.8, 4) is 0 Å². The second kappa shape index (κ2) is 1.74. The van der Waals surface area contributed by atoms with Gasteiger partial charge in [0, 0.05) is 6.54 Å². The van der Waals surface area contributed by atoms with Crippen LogP contribution in [0.3, 0.4) is 0 Å². The van der Waals surface area contributed by atoms with Crippen LogP contribution in [0.25, 0.3) is 0 Å². The maximum atomic E-state index is 2.39. The molecular formula is C8H17N2+. The van der Waals surface area contributed by atoms with Gasteiger partial charge in [0.15, 0.2) is 0 Å². The van der Waals surface area contributed by atoms with E-state index in [4.69, 9.17) is 0 Å². The number of nitrogens with zero attached hydrogens (tertiary/aromatic N) is 2. The average molecular weight is 141 g/mol. The van der Waals surface area contributed by atoms with Crippen LogP contribution in [-0.4, -0.2) is 55.7 Å². The highest BCUT2D eigenvalue weighted by Gasteiger charge is 2.77. The summed E-state index contributed by atoms with van der Waals surface area (Å²) in [5.74, 6) is 0. The maximum Gasteiger partial charge on any atom is 0.148 e. The molecule has 1 saturated carbocycles. The van der Waals surface area contributed by atoms with E-state index >= 15 is 0 Å². The molecular weight excluding hydrogens is 124 g/mol. The smallest absolute Gasteiger partial charge is 0.148 e. The predicted octanol–water partition coefficient (Wildman–Crippen LogP) is 0.149. The first-order chi connectivity index (χ1) is 4.64. The number of fused-ring (bicyclic) bond motifs is 1. The summed E-state index contributed by atoms with van der Waals surface area (Å²) in [6, 6.07) is 2.17. The van der Waals surface area contributed by atoms with Crippen molar-refractivity contribution in [2.24, 2.45) is 0 Å². The van der Waals surface area contributed by atoms with Gasteiger partial charge in [0.05, 0.1) is 20.0 Å². The molecule has 2 aliphatic rings. The summed E-state index contributed by atoms with van der Waals surface area (Å²) in [4.78, 5) is 2.28. The lowest BCUT2D eigenvalue weighted by atomic mass is 10.4. The van der Waals surface area contributed by atoms with Gasteiger partial charge in [-0.3, -0.25) is 0 Å². The summed E-state index contributed by atoms with van der Waals surface area (Å²) >= 11 is 0. The molecule has 0 spiro atoms. The van der Waals surface area contributed by atoms with E-state index in [9.17, 15) is 0 Å². The molecule has 0 aromatic carbocycles. The Bertz CT molecular complexity index is 145. The first kappa shape index (κ1) is 6.62. The fourth-order valence-corrected chi connectivity index (χ4v) is 1.93. The van der Waals surface area contributed by atoms with E-state index in [2.05, 4.69) is 26.0 Å². The van der Waals surface area contributed by atoms with Crippen LogP contribution in [-0.2, 0) is 0 Å². The lowest BCUT2D eigenvalue weighted by molar-refractivity contribution is -0.829. The number of hydrogen-bond donors (Lipinski definition) is 0. The molecule has 2 rings (SSSR count). The molecule has 0 N–H and O–H groups in total. The number of hydrogen-bond acceptors (Lipinski definition) is 1. The molecule has 2 nitrogen and oxygen atoms in total. The van der Waals surface area contributed by atoms with Crippen molar-refractivity contribution in [3.63, 3.8) is 0 Å². The van der Waals surface area contributed by atoms with E-state index in [1.165, 1.54) is 24.0 Å².